The molecule has 4 heterocycles. The monoisotopic (exact) mass is 453 g/mol. The highest BCUT2D eigenvalue weighted by molar-refractivity contribution is 5.79. The molecule has 0 spiro atoms. The van der Waals surface area contributed by atoms with Crippen molar-refractivity contribution in [3.8, 4) is 11.3 Å². The van der Waals surface area contributed by atoms with Crippen LogP contribution in [0.3, 0.4) is 0 Å². The van der Waals surface area contributed by atoms with Gasteiger partial charge in [0.05, 0.1) is 31.7 Å². The molecule has 33 heavy (non-hydrogen) atoms. The minimum atomic E-state index is -0.0717. The molecule has 4 atom stereocenters. The van der Waals surface area contributed by atoms with Gasteiger partial charge in [0, 0.05) is 38.4 Å². The lowest BCUT2D eigenvalue weighted by molar-refractivity contribution is -0.945. The molecule has 0 aliphatic carbocycles. The fourth-order valence-electron chi connectivity index (χ4n) is 5.26. The Labute approximate surface area is 196 Å². The van der Waals surface area contributed by atoms with Crippen LogP contribution in [0.4, 0.5) is 0 Å². The van der Waals surface area contributed by atoms with Crippen LogP contribution in [-0.4, -0.2) is 59.0 Å². The van der Waals surface area contributed by atoms with Crippen molar-refractivity contribution < 1.29 is 14.5 Å². The molecule has 3 aliphatic heterocycles. The second-order valence-electron chi connectivity index (χ2n) is 10.6. The van der Waals surface area contributed by atoms with Crippen molar-refractivity contribution >= 4 is 11.8 Å². The third kappa shape index (κ3) is 5.61. The molecular weight excluding hydrogens is 416 g/mol. The number of piperidine rings is 3. The molecule has 2 bridgehead atoms. The fraction of sp³-hybridized carbons (Fsp3) is 0.600. The number of benzene rings is 1. The van der Waals surface area contributed by atoms with Crippen LogP contribution >= 0.6 is 0 Å². The van der Waals surface area contributed by atoms with Gasteiger partial charge in [0.1, 0.15) is 11.7 Å². The number of nitrogens with zero attached hydrogens (tertiary/aromatic N) is 3. The lowest BCUT2D eigenvalue weighted by atomic mass is 9.75. The van der Waals surface area contributed by atoms with E-state index in [4.69, 9.17) is 0 Å². The highest BCUT2D eigenvalue weighted by Gasteiger charge is 2.46. The first kappa shape index (κ1) is 23.4. The molecule has 8 heteroatoms. The Morgan fingerprint density at radius 2 is 1.88 bits per heavy atom. The minimum absolute atomic E-state index is 0.0648. The Morgan fingerprint density at radius 1 is 1.15 bits per heavy atom. The quantitative estimate of drug-likeness (QED) is 0.541. The zero-order chi connectivity index (χ0) is 23.6. The summed E-state index contributed by atoms with van der Waals surface area (Å²) in [7, 11) is 0. The topological polar surface area (TPSA) is 93.3 Å². The van der Waals surface area contributed by atoms with E-state index in [9.17, 15) is 9.59 Å². The Kier molecular flexibility index (Phi) is 6.83. The van der Waals surface area contributed by atoms with Crippen molar-refractivity contribution in [2.24, 2.45) is 11.8 Å². The number of amides is 2. The molecule has 1 aromatic carbocycles. The van der Waals surface area contributed by atoms with Gasteiger partial charge in [-0.15, -0.1) is 5.10 Å². The van der Waals surface area contributed by atoms with Gasteiger partial charge in [-0.1, -0.05) is 50.3 Å². The average Bonchev–Trinajstić information content (AvgIpc) is 3.25. The third-order valence-electron chi connectivity index (χ3n) is 7.18. The van der Waals surface area contributed by atoms with E-state index >= 15 is 0 Å². The smallest absolute Gasteiger partial charge is 0.229 e. The van der Waals surface area contributed by atoms with Gasteiger partial charge in [-0.05, 0) is 16.9 Å². The number of quaternary nitrogens is 1. The number of aromatic nitrogens is 3. The molecule has 3 fully saturated rings. The molecule has 3 aliphatic rings. The predicted molar refractivity (Wildman–Crippen MR) is 127 cm³/mol. The number of hydrogen-bond donors (Lipinski definition) is 3. The number of rotatable bonds is 7. The molecule has 8 nitrogen and oxygen atoms in total. The molecule has 0 radical (unpaired) electrons. The summed E-state index contributed by atoms with van der Waals surface area (Å²) < 4.78 is 1.97. The molecule has 1 unspecified atom stereocenters. The number of carbonyl (C=O) groups is 2. The van der Waals surface area contributed by atoms with Gasteiger partial charge in [-0.25, -0.2) is 4.68 Å². The van der Waals surface area contributed by atoms with Crippen molar-refractivity contribution in [3.05, 3.63) is 36.0 Å². The van der Waals surface area contributed by atoms with E-state index in [1.165, 1.54) is 17.4 Å². The van der Waals surface area contributed by atoms with E-state index < -0.39 is 0 Å². The zero-order valence-corrected chi connectivity index (χ0v) is 20.2. The van der Waals surface area contributed by atoms with E-state index in [1.807, 2.05) is 10.9 Å². The predicted octanol–water partition coefficient (Wildman–Crippen LogP) is 0.788. The molecule has 2 aromatic rings. The molecule has 0 saturated carbocycles. The van der Waals surface area contributed by atoms with E-state index in [0.29, 0.717) is 25.0 Å². The molecule has 2 amide bonds. The normalized spacial score (nSPS) is 24.5. The van der Waals surface area contributed by atoms with Gasteiger partial charge in [0.25, 0.3) is 0 Å². The van der Waals surface area contributed by atoms with Crippen LogP contribution < -0.4 is 15.5 Å². The largest absolute Gasteiger partial charge is 0.355 e. The first-order chi connectivity index (χ1) is 15.7. The van der Waals surface area contributed by atoms with Crippen molar-refractivity contribution in [3.63, 3.8) is 0 Å². The third-order valence-corrected chi connectivity index (χ3v) is 7.18. The van der Waals surface area contributed by atoms with E-state index in [1.54, 1.807) is 0 Å². The average molecular weight is 454 g/mol. The van der Waals surface area contributed by atoms with E-state index in [0.717, 1.165) is 43.7 Å². The van der Waals surface area contributed by atoms with Crippen LogP contribution in [0.15, 0.2) is 30.5 Å². The van der Waals surface area contributed by atoms with Crippen LogP contribution in [0.25, 0.3) is 11.3 Å². The summed E-state index contributed by atoms with van der Waals surface area (Å²) in [4.78, 5) is 25.1. The Hall–Kier alpha value is -2.74. The van der Waals surface area contributed by atoms with Crippen LogP contribution in [0.5, 0.6) is 0 Å². The van der Waals surface area contributed by atoms with Gasteiger partial charge < -0.3 is 15.5 Å². The summed E-state index contributed by atoms with van der Waals surface area (Å²) in [5, 5.41) is 14.5. The summed E-state index contributed by atoms with van der Waals surface area (Å²) in [6.07, 6.45) is 4.17. The highest BCUT2D eigenvalue weighted by Crippen LogP contribution is 2.28. The summed E-state index contributed by atoms with van der Waals surface area (Å²) in [5.41, 5.74) is 3.43. The molecule has 1 aromatic heterocycles. The van der Waals surface area contributed by atoms with Crippen LogP contribution in [-0.2, 0) is 21.5 Å². The number of hydrogen-bond acceptors (Lipinski definition) is 4. The first-order valence-corrected chi connectivity index (χ1v) is 12.1. The Bertz CT molecular complexity index is 978. The summed E-state index contributed by atoms with van der Waals surface area (Å²) >= 11 is 0. The second-order valence-corrected chi connectivity index (χ2v) is 10.6. The number of carbonyl (C=O) groups excluding carboxylic acids is 2. The number of nitrogens with one attached hydrogen (secondary N) is 3. The van der Waals surface area contributed by atoms with Gasteiger partial charge in [0.15, 0.2) is 0 Å². The van der Waals surface area contributed by atoms with Gasteiger partial charge in [-0.2, -0.15) is 0 Å². The summed E-state index contributed by atoms with van der Waals surface area (Å²) in [6.45, 7) is 11.9. The standard InChI is InChI=1S/C25H36N6O2/c1-17(32)26-10-11-27-24(33)22-15-30-12-9-19(22)13-21(30)14-31-16-23(28-29-31)18-5-7-20(8-6-18)25(2,3)4/h5-8,16,19,21-22H,9-15H2,1-4H3,(H,26,32)(H,27,33)/p+1/t19-,21-,22+/m1/s1. The molecular formula is C25H37N6O2+. The number of fused-ring (bicyclic) bond motifs is 3. The Morgan fingerprint density at radius 3 is 2.52 bits per heavy atom. The fourth-order valence-corrected chi connectivity index (χ4v) is 5.26. The van der Waals surface area contributed by atoms with Crippen LogP contribution in [0.2, 0.25) is 0 Å². The molecule has 3 N–H and O–H groups in total. The van der Waals surface area contributed by atoms with Crippen molar-refractivity contribution in [2.75, 3.05) is 26.2 Å². The van der Waals surface area contributed by atoms with E-state index in [2.05, 4.69) is 66.0 Å². The van der Waals surface area contributed by atoms with Gasteiger partial charge >= 0.3 is 0 Å². The molecule has 5 rings (SSSR count). The Balaban J connectivity index is 1.32. The SMILES string of the molecule is CC(=O)NCCNC(=O)[C@H]1C[NH+]2CC[C@@H]1C[C@@H]2Cn1cc(-c2ccc(C(C)(C)C)cc2)nn1. The maximum absolute atomic E-state index is 12.7. The summed E-state index contributed by atoms with van der Waals surface area (Å²) in [5.74, 6) is 0.538. The lowest BCUT2D eigenvalue weighted by Gasteiger charge is -2.46. The lowest BCUT2D eigenvalue weighted by Crippen LogP contribution is -3.20. The van der Waals surface area contributed by atoms with Crippen molar-refractivity contribution in [2.45, 2.75) is 58.5 Å². The minimum Gasteiger partial charge on any atom is -0.355 e. The van der Waals surface area contributed by atoms with E-state index in [-0.39, 0.29) is 23.1 Å². The van der Waals surface area contributed by atoms with Crippen LogP contribution in [0.1, 0.15) is 46.1 Å². The molecule has 3 saturated heterocycles. The second kappa shape index (κ2) is 9.63. The van der Waals surface area contributed by atoms with Crippen molar-refractivity contribution in [1.29, 1.82) is 0 Å². The van der Waals surface area contributed by atoms with Crippen LogP contribution in [0, 0.1) is 11.8 Å². The van der Waals surface area contributed by atoms with Crippen molar-refractivity contribution in [1.82, 2.24) is 25.6 Å². The maximum atomic E-state index is 12.7. The zero-order valence-electron chi connectivity index (χ0n) is 20.2. The molecule has 178 valence electrons. The highest BCUT2D eigenvalue weighted by atomic mass is 16.2. The van der Waals surface area contributed by atoms with Gasteiger partial charge in [0.2, 0.25) is 11.8 Å². The first-order valence-electron chi connectivity index (χ1n) is 12.1. The summed E-state index contributed by atoms with van der Waals surface area (Å²) in [6, 6.07) is 9.06. The van der Waals surface area contributed by atoms with Gasteiger partial charge in [-0.3, -0.25) is 9.59 Å². The maximum Gasteiger partial charge on any atom is 0.229 e.